The van der Waals surface area contributed by atoms with Crippen molar-refractivity contribution in [1.29, 1.82) is 0 Å². The number of nitrogens with zero attached hydrogens (tertiary/aromatic N) is 1. The lowest BCUT2D eigenvalue weighted by atomic mass is 10.1. The van der Waals surface area contributed by atoms with Crippen LogP contribution in [0, 0.1) is 0 Å². The Hall–Kier alpha value is -3.28. The van der Waals surface area contributed by atoms with Gasteiger partial charge in [-0.3, -0.25) is 24.1 Å². The highest BCUT2D eigenvalue weighted by molar-refractivity contribution is 6.21. The molecule has 138 valence electrons. The van der Waals surface area contributed by atoms with E-state index in [2.05, 4.69) is 0 Å². The molecule has 0 fully saturated rings. The molecule has 1 heterocycles. The first kappa shape index (κ1) is 18.5. The van der Waals surface area contributed by atoms with Crippen molar-refractivity contribution in [3.05, 3.63) is 71.3 Å². The fourth-order valence-electron chi connectivity index (χ4n) is 2.97. The smallest absolute Gasteiger partial charge is 0.306 e. The third-order valence-corrected chi connectivity index (χ3v) is 4.38. The molecule has 1 aliphatic heterocycles. The van der Waals surface area contributed by atoms with Gasteiger partial charge in [-0.15, -0.1) is 0 Å². The van der Waals surface area contributed by atoms with Crippen LogP contribution in [-0.2, 0) is 9.53 Å². The Morgan fingerprint density at radius 1 is 0.926 bits per heavy atom. The lowest BCUT2D eigenvalue weighted by molar-refractivity contribution is -0.146. The maximum atomic E-state index is 12.3. The molecule has 0 radical (unpaired) electrons. The van der Waals surface area contributed by atoms with E-state index in [4.69, 9.17) is 4.74 Å². The van der Waals surface area contributed by atoms with Gasteiger partial charge in [-0.25, -0.2) is 0 Å². The number of ketones is 1. The predicted molar refractivity (Wildman–Crippen MR) is 97.4 cm³/mol. The Kier molecular flexibility index (Phi) is 5.45. The Balaban J connectivity index is 1.48. The highest BCUT2D eigenvalue weighted by Gasteiger charge is 2.34. The predicted octanol–water partition coefficient (Wildman–Crippen LogP) is 2.88. The first-order valence-electron chi connectivity index (χ1n) is 8.73. The summed E-state index contributed by atoms with van der Waals surface area (Å²) in [5, 5.41) is 0. The summed E-state index contributed by atoms with van der Waals surface area (Å²) < 4.78 is 5.17. The summed E-state index contributed by atoms with van der Waals surface area (Å²) in [4.78, 5) is 49.8. The van der Waals surface area contributed by atoms with Crippen molar-refractivity contribution >= 4 is 23.6 Å². The van der Waals surface area contributed by atoms with Crippen molar-refractivity contribution < 1.29 is 23.9 Å². The number of rotatable bonds is 7. The van der Waals surface area contributed by atoms with Gasteiger partial charge in [-0.05, 0) is 25.5 Å². The fraction of sp³-hybridized carbons (Fsp3) is 0.238. The molecule has 2 aromatic rings. The van der Waals surface area contributed by atoms with E-state index in [1.165, 1.54) is 6.92 Å². The van der Waals surface area contributed by atoms with E-state index in [1.54, 1.807) is 54.6 Å². The van der Waals surface area contributed by atoms with Crippen molar-refractivity contribution in [3.63, 3.8) is 0 Å². The van der Waals surface area contributed by atoms with E-state index in [0.717, 1.165) is 4.90 Å². The quantitative estimate of drug-likeness (QED) is 0.428. The van der Waals surface area contributed by atoms with Gasteiger partial charge >= 0.3 is 5.97 Å². The second-order valence-corrected chi connectivity index (χ2v) is 6.27. The molecule has 2 aromatic carbocycles. The van der Waals surface area contributed by atoms with E-state index in [9.17, 15) is 19.2 Å². The van der Waals surface area contributed by atoms with Gasteiger partial charge < -0.3 is 4.74 Å². The molecule has 3 rings (SSSR count). The molecule has 0 saturated heterocycles. The number of Topliss-reactive ketones (excluding diaryl/α,β-unsaturated/α-hetero) is 1. The van der Waals surface area contributed by atoms with Gasteiger partial charge in [-0.2, -0.15) is 0 Å². The number of amides is 2. The molecule has 0 aliphatic carbocycles. The number of carbonyl (C=O) groups excluding carboxylic acids is 4. The second kappa shape index (κ2) is 7.95. The lowest BCUT2D eigenvalue weighted by Gasteiger charge is -2.15. The molecule has 2 amide bonds. The average molecular weight is 365 g/mol. The van der Waals surface area contributed by atoms with Crippen LogP contribution < -0.4 is 0 Å². The minimum Gasteiger partial charge on any atom is -0.454 e. The zero-order chi connectivity index (χ0) is 19.4. The molecule has 6 nitrogen and oxygen atoms in total. The topological polar surface area (TPSA) is 80.8 Å². The van der Waals surface area contributed by atoms with Gasteiger partial charge in [-0.1, -0.05) is 42.5 Å². The first-order chi connectivity index (χ1) is 13.0. The molecule has 0 N–H and O–H groups in total. The third-order valence-electron chi connectivity index (χ3n) is 4.38. The second-order valence-electron chi connectivity index (χ2n) is 6.27. The largest absolute Gasteiger partial charge is 0.454 e. The molecule has 0 bridgehead atoms. The van der Waals surface area contributed by atoms with E-state index in [0.29, 0.717) is 16.7 Å². The van der Waals surface area contributed by atoms with Gasteiger partial charge in [0, 0.05) is 18.5 Å². The van der Waals surface area contributed by atoms with E-state index in [-0.39, 0.29) is 37.0 Å². The van der Waals surface area contributed by atoms with Crippen LogP contribution in [0.15, 0.2) is 54.6 Å². The lowest BCUT2D eigenvalue weighted by Crippen LogP contribution is -2.31. The number of fused-ring (bicyclic) bond motifs is 1. The molecule has 0 aromatic heterocycles. The summed E-state index contributed by atoms with van der Waals surface area (Å²) in [5.41, 5.74) is 1.24. The highest BCUT2D eigenvalue weighted by Crippen LogP contribution is 2.22. The third kappa shape index (κ3) is 3.95. The maximum absolute atomic E-state index is 12.3. The van der Waals surface area contributed by atoms with Crippen LogP contribution in [0.3, 0.4) is 0 Å². The normalized spacial score (nSPS) is 14.0. The number of esters is 1. The van der Waals surface area contributed by atoms with Crippen LogP contribution in [0.2, 0.25) is 0 Å². The Labute approximate surface area is 156 Å². The van der Waals surface area contributed by atoms with Gasteiger partial charge in [0.1, 0.15) is 0 Å². The summed E-state index contributed by atoms with van der Waals surface area (Å²) in [6, 6.07) is 15.2. The molecule has 0 saturated carbocycles. The molecule has 1 aliphatic rings. The van der Waals surface area contributed by atoms with Crippen molar-refractivity contribution in [2.75, 3.05) is 6.54 Å². The minimum absolute atomic E-state index is 0.0137. The van der Waals surface area contributed by atoms with Crippen molar-refractivity contribution in [2.45, 2.75) is 25.9 Å². The highest BCUT2D eigenvalue weighted by atomic mass is 16.5. The summed E-state index contributed by atoms with van der Waals surface area (Å²) in [7, 11) is 0. The zero-order valence-electron chi connectivity index (χ0n) is 14.9. The molecule has 0 spiro atoms. The Bertz CT molecular complexity index is 855. The number of hydrogen-bond acceptors (Lipinski definition) is 5. The first-order valence-corrected chi connectivity index (χ1v) is 8.73. The molecule has 6 heteroatoms. The number of hydrogen-bond donors (Lipinski definition) is 0. The van der Waals surface area contributed by atoms with Crippen molar-refractivity contribution in [3.8, 4) is 0 Å². The maximum Gasteiger partial charge on any atom is 0.306 e. The zero-order valence-corrected chi connectivity index (χ0v) is 14.9. The average Bonchev–Trinajstić information content (AvgIpc) is 2.93. The van der Waals surface area contributed by atoms with E-state index < -0.39 is 12.1 Å². The standard InChI is InChI=1S/C21H19NO5/c1-14(19(24)15-8-3-2-4-9-15)27-18(23)12-7-13-22-20(25)16-10-5-6-11-17(16)21(22)26/h2-6,8-11,14H,7,12-13H2,1H3/t14-/m1/s1. The molecule has 1 atom stereocenters. The van der Waals surface area contributed by atoms with E-state index >= 15 is 0 Å². The summed E-state index contributed by atoms with van der Waals surface area (Å²) in [5.74, 6) is -1.51. The van der Waals surface area contributed by atoms with Crippen molar-refractivity contribution in [1.82, 2.24) is 4.90 Å². The molecule has 0 unspecified atom stereocenters. The van der Waals surface area contributed by atoms with Crippen molar-refractivity contribution in [2.24, 2.45) is 0 Å². The van der Waals surface area contributed by atoms with Gasteiger partial charge in [0.05, 0.1) is 11.1 Å². The van der Waals surface area contributed by atoms with Crippen LogP contribution in [-0.4, -0.2) is 41.1 Å². The number of ether oxygens (including phenoxy) is 1. The number of imide groups is 1. The SMILES string of the molecule is C[C@@H](OC(=O)CCCN1C(=O)c2ccccc2C1=O)C(=O)c1ccccc1. The number of benzene rings is 2. The van der Waals surface area contributed by atoms with Gasteiger partial charge in [0.15, 0.2) is 6.10 Å². The van der Waals surface area contributed by atoms with Crippen LogP contribution in [0.4, 0.5) is 0 Å². The summed E-state index contributed by atoms with van der Waals surface area (Å²) >= 11 is 0. The Morgan fingerprint density at radius 2 is 1.48 bits per heavy atom. The molecular weight excluding hydrogens is 346 g/mol. The van der Waals surface area contributed by atoms with Crippen LogP contribution >= 0.6 is 0 Å². The summed E-state index contributed by atoms with van der Waals surface area (Å²) in [6.45, 7) is 1.65. The van der Waals surface area contributed by atoms with Gasteiger partial charge in [0.25, 0.3) is 11.8 Å². The van der Waals surface area contributed by atoms with Crippen LogP contribution in [0.5, 0.6) is 0 Å². The summed E-state index contributed by atoms with van der Waals surface area (Å²) in [6.07, 6.45) is -0.602. The van der Waals surface area contributed by atoms with Gasteiger partial charge in [0.2, 0.25) is 5.78 Å². The van der Waals surface area contributed by atoms with Crippen LogP contribution in [0.25, 0.3) is 0 Å². The fourth-order valence-corrected chi connectivity index (χ4v) is 2.97. The Morgan fingerprint density at radius 3 is 2.07 bits per heavy atom. The van der Waals surface area contributed by atoms with E-state index in [1.807, 2.05) is 0 Å². The number of carbonyl (C=O) groups is 4. The van der Waals surface area contributed by atoms with Crippen LogP contribution in [0.1, 0.15) is 50.8 Å². The molecular formula is C21H19NO5. The minimum atomic E-state index is -0.890. The monoisotopic (exact) mass is 365 g/mol. The molecule has 27 heavy (non-hydrogen) atoms.